The second kappa shape index (κ2) is 16.2. The molecule has 3 N–H and O–H groups in total. The number of benzene rings is 1. The molecule has 1 rings (SSSR count). The van der Waals surface area contributed by atoms with E-state index in [-0.39, 0.29) is 11.3 Å². The average Bonchev–Trinajstić information content (AvgIpc) is 2.71. The highest BCUT2D eigenvalue weighted by molar-refractivity contribution is 7.90. The Balaban J connectivity index is 1.95. The number of sulfonamides is 1. The van der Waals surface area contributed by atoms with E-state index in [1.807, 2.05) is 0 Å². The van der Waals surface area contributed by atoms with Gasteiger partial charge in [-0.15, -0.1) is 0 Å². The van der Waals surface area contributed by atoms with Gasteiger partial charge in [0, 0.05) is 12.1 Å². The van der Waals surface area contributed by atoms with Crippen LogP contribution in [0.3, 0.4) is 0 Å². The minimum Gasteiger partial charge on any atom is -0.399 e. The van der Waals surface area contributed by atoms with Crippen LogP contribution in [0.1, 0.15) is 110 Å². The number of hydrogen-bond acceptors (Lipinski definition) is 4. The van der Waals surface area contributed by atoms with Gasteiger partial charge in [-0.2, -0.15) is 0 Å². The molecule has 1 amide bonds. The molecule has 1 aromatic rings. The molecule has 0 bridgehead atoms. The summed E-state index contributed by atoms with van der Waals surface area (Å²) < 4.78 is 26.4. The van der Waals surface area contributed by atoms with Crippen LogP contribution in [-0.2, 0) is 14.8 Å². The molecular weight excluding hydrogens is 396 g/mol. The van der Waals surface area contributed by atoms with Gasteiger partial charge in [0.2, 0.25) is 5.91 Å². The van der Waals surface area contributed by atoms with Crippen LogP contribution in [0.2, 0.25) is 0 Å². The number of carbonyl (C=O) groups excluding carboxylic acids is 1. The molecule has 6 heteroatoms. The molecule has 0 radical (unpaired) electrons. The number of hydrogen-bond donors (Lipinski definition) is 2. The van der Waals surface area contributed by atoms with Crippen LogP contribution in [-0.4, -0.2) is 14.3 Å². The number of carbonyl (C=O) groups is 1. The van der Waals surface area contributed by atoms with Crippen molar-refractivity contribution >= 4 is 21.6 Å². The van der Waals surface area contributed by atoms with Gasteiger partial charge in [-0.3, -0.25) is 4.79 Å². The third-order valence-corrected chi connectivity index (χ3v) is 6.84. The number of anilines is 1. The Morgan fingerprint density at radius 1 is 0.733 bits per heavy atom. The Bertz CT molecular complexity index is 672. The van der Waals surface area contributed by atoms with Crippen LogP contribution < -0.4 is 10.5 Å². The predicted octanol–water partition coefficient (Wildman–Crippen LogP) is 6.34. The van der Waals surface area contributed by atoms with Crippen LogP contribution in [0.4, 0.5) is 5.69 Å². The maximum Gasteiger partial charge on any atom is 0.264 e. The molecule has 0 heterocycles. The van der Waals surface area contributed by atoms with Crippen molar-refractivity contribution in [3.05, 3.63) is 24.3 Å². The molecule has 30 heavy (non-hydrogen) atoms. The van der Waals surface area contributed by atoms with Gasteiger partial charge in [-0.05, 0) is 30.7 Å². The second-order valence-electron chi connectivity index (χ2n) is 8.30. The quantitative estimate of drug-likeness (QED) is 0.207. The third-order valence-electron chi connectivity index (χ3n) is 5.45. The molecule has 0 unspecified atom stereocenters. The Morgan fingerprint density at radius 2 is 1.13 bits per heavy atom. The zero-order valence-corrected chi connectivity index (χ0v) is 19.6. The number of amides is 1. The maximum absolute atomic E-state index is 12.1. The molecule has 0 aliphatic carbocycles. The Labute approximate surface area is 184 Å². The molecule has 0 aliphatic heterocycles. The lowest BCUT2D eigenvalue weighted by molar-refractivity contribution is -0.119. The first-order valence-electron chi connectivity index (χ1n) is 11.9. The summed E-state index contributed by atoms with van der Waals surface area (Å²) in [5.41, 5.74) is 6.04. The lowest BCUT2D eigenvalue weighted by Gasteiger charge is -2.07. The van der Waals surface area contributed by atoms with E-state index in [0.29, 0.717) is 5.69 Å². The number of nitrogens with two attached hydrogens (primary N) is 1. The minimum absolute atomic E-state index is 0.0570. The number of rotatable bonds is 18. The van der Waals surface area contributed by atoms with Gasteiger partial charge in [-0.1, -0.05) is 96.8 Å². The maximum atomic E-state index is 12.1. The lowest BCUT2D eigenvalue weighted by Crippen LogP contribution is -2.30. The van der Waals surface area contributed by atoms with Crippen molar-refractivity contribution in [1.29, 1.82) is 0 Å². The molecule has 0 aromatic heterocycles. The van der Waals surface area contributed by atoms with E-state index in [1.165, 1.54) is 101 Å². The van der Waals surface area contributed by atoms with E-state index in [4.69, 9.17) is 5.73 Å². The van der Waals surface area contributed by atoms with Crippen molar-refractivity contribution in [2.24, 2.45) is 0 Å². The zero-order chi connectivity index (χ0) is 22.1. The molecule has 1 aromatic carbocycles. The summed E-state index contributed by atoms with van der Waals surface area (Å²) in [6.45, 7) is 2.26. The highest BCUT2D eigenvalue weighted by Gasteiger charge is 2.16. The Kier molecular flexibility index (Phi) is 14.3. The van der Waals surface area contributed by atoms with Gasteiger partial charge in [0.25, 0.3) is 10.0 Å². The number of nitrogens with one attached hydrogen (secondary N) is 1. The van der Waals surface area contributed by atoms with E-state index in [0.717, 1.165) is 19.3 Å². The molecular formula is C24H42N2O3S. The zero-order valence-electron chi connectivity index (χ0n) is 18.8. The van der Waals surface area contributed by atoms with E-state index in [9.17, 15) is 13.2 Å². The predicted molar refractivity (Wildman–Crippen MR) is 126 cm³/mol. The Hall–Kier alpha value is -1.56. The van der Waals surface area contributed by atoms with Crippen molar-refractivity contribution < 1.29 is 13.2 Å². The fourth-order valence-corrected chi connectivity index (χ4v) is 4.58. The molecule has 0 fully saturated rings. The first-order valence-corrected chi connectivity index (χ1v) is 13.3. The average molecular weight is 439 g/mol. The highest BCUT2D eigenvalue weighted by Crippen LogP contribution is 2.14. The third kappa shape index (κ3) is 12.9. The summed E-state index contributed by atoms with van der Waals surface area (Å²) >= 11 is 0. The molecule has 172 valence electrons. The van der Waals surface area contributed by atoms with Crippen LogP contribution in [0.5, 0.6) is 0 Å². The van der Waals surface area contributed by atoms with Gasteiger partial charge >= 0.3 is 0 Å². The highest BCUT2D eigenvalue weighted by atomic mass is 32.2. The lowest BCUT2D eigenvalue weighted by atomic mass is 10.0. The van der Waals surface area contributed by atoms with Gasteiger partial charge in [-0.25, -0.2) is 13.1 Å². The molecule has 0 saturated carbocycles. The molecule has 5 nitrogen and oxygen atoms in total. The first-order chi connectivity index (χ1) is 14.5. The van der Waals surface area contributed by atoms with E-state index in [2.05, 4.69) is 11.6 Å². The van der Waals surface area contributed by atoms with Crippen LogP contribution in [0.25, 0.3) is 0 Å². The van der Waals surface area contributed by atoms with Crippen molar-refractivity contribution in [3.8, 4) is 0 Å². The van der Waals surface area contributed by atoms with Crippen LogP contribution in [0, 0.1) is 0 Å². The van der Waals surface area contributed by atoms with Crippen LogP contribution >= 0.6 is 0 Å². The summed E-state index contributed by atoms with van der Waals surface area (Å²) in [5, 5.41) is 0. The standard InChI is InChI=1S/C24H42N2O3S/c1-2-3-4-5-6-7-8-9-10-11-12-13-14-15-16-17-24(27)26-30(28,29)23-20-18-22(25)19-21-23/h18-21H,2-17,25H2,1H3,(H,26,27). The van der Waals surface area contributed by atoms with Crippen LogP contribution in [0.15, 0.2) is 29.2 Å². The smallest absolute Gasteiger partial charge is 0.264 e. The normalized spacial score (nSPS) is 11.5. The number of nitrogen functional groups attached to an aromatic ring is 1. The van der Waals surface area contributed by atoms with E-state index < -0.39 is 15.9 Å². The fourth-order valence-electron chi connectivity index (χ4n) is 3.56. The molecule has 0 aliphatic rings. The summed E-state index contributed by atoms with van der Waals surface area (Å²) in [5.74, 6) is -0.443. The van der Waals surface area contributed by atoms with Gasteiger partial charge in [0.1, 0.15) is 0 Å². The summed E-state index contributed by atoms with van der Waals surface area (Å²) in [4.78, 5) is 12.0. The Morgan fingerprint density at radius 3 is 1.57 bits per heavy atom. The summed E-state index contributed by atoms with van der Waals surface area (Å²) in [6, 6.07) is 5.82. The second-order valence-corrected chi connectivity index (χ2v) is 9.98. The van der Waals surface area contributed by atoms with Gasteiger partial charge in [0.05, 0.1) is 4.90 Å². The van der Waals surface area contributed by atoms with Gasteiger partial charge in [0.15, 0.2) is 0 Å². The topological polar surface area (TPSA) is 89.3 Å². The van der Waals surface area contributed by atoms with Gasteiger partial charge < -0.3 is 5.73 Å². The van der Waals surface area contributed by atoms with Crippen molar-refractivity contribution in [1.82, 2.24) is 4.72 Å². The van der Waals surface area contributed by atoms with E-state index >= 15 is 0 Å². The first kappa shape index (κ1) is 26.5. The monoisotopic (exact) mass is 438 g/mol. The molecule has 0 saturated heterocycles. The SMILES string of the molecule is CCCCCCCCCCCCCCCCCC(=O)NS(=O)(=O)c1ccc(N)cc1. The summed E-state index contributed by atoms with van der Waals surface area (Å²) in [7, 11) is -3.80. The van der Waals surface area contributed by atoms with Crippen molar-refractivity contribution in [2.45, 2.75) is 115 Å². The molecule has 0 spiro atoms. The van der Waals surface area contributed by atoms with Crippen molar-refractivity contribution in [3.63, 3.8) is 0 Å². The van der Waals surface area contributed by atoms with Crippen molar-refractivity contribution in [2.75, 3.05) is 5.73 Å². The summed E-state index contributed by atoms with van der Waals surface area (Å²) in [6.07, 6.45) is 19.2. The van der Waals surface area contributed by atoms with E-state index in [1.54, 1.807) is 0 Å². The fraction of sp³-hybridized carbons (Fsp3) is 0.708. The minimum atomic E-state index is -3.80. The largest absolute Gasteiger partial charge is 0.399 e. The number of unbranched alkanes of at least 4 members (excludes halogenated alkanes) is 14. The molecule has 0 atom stereocenters.